The summed E-state index contributed by atoms with van der Waals surface area (Å²) in [6, 6.07) is 9.59. The molecule has 54 heavy (non-hydrogen) atoms. The zero-order valence-corrected chi connectivity index (χ0v) is 28.7. The van der Waals surface area contributed by atoms with Crippen molar-refractivity contribution in [2.24, 2.45) is 5.92 Å². The van der Waals surface area contributed by atoms with Crippen molar-refractivity contribution in [2.45, 2.75) is 32.0 Å². The fraction of sp³-hybridized carbons (Fsp3) is 0.371. The molecule has 14 nitrogen and oxygen atoms in total. The van der Waals surface area contributed by atoms with E-state index in [2.05, 4.69) is 20.6 Å². The Labute approximate surface area is 304 Å². The van der Waals surface area contributed by atoms with Crippen LogP contribution in [0.25, 0.3) is 16.9 Å². The second kappa shape index (κ2) is 16.9. The van der Waals surface area contributed by atoms with Crippen LogP contribution in [0, 0.1) is 35.8 Å². The number of benzene rings is 2. The molecule has 2 aromatic heterocycles. The molecule has 1 atom stereocenters. The number of piperidine rings is 1. The van der Waals surface area contributed by atoms with Crippen LogP contribution in [0.3, 0.4) is 0 Å². The number of likely N-dealkylation sites (tertiary alicyclic amines) is 1. The van der Waals surface area contributed by atoms with Gasteiger partial charge in [-0.2, -0.15) is 22.8 Å². The van der Waals surface area contributed by atoms with Crippen molar-refractivity contribution >= 4 is 34.9 Å². The summed E-state index contributed by atoms with van der Waals surface area (Å²) in [5.41, 5.74) is 2.58. The molecule has 0 spiro atoms. The number of aliphatic hydroxyl groups excluding tert-OH is 1. The summed E-state index contributed by atoms with van der Waals surface area (Å²) >= 11 is 0. The lowest BCUT2D eigenvalue weighted by Crippen LogP contribution is -2.56. The number of fused-ring (bicyclic) bond motifs is 1. The van der Waals surface area contributed by atoms with Gasteiger partial charge in [0, 0.05) is 73.9 Å². The fourth-order valence-corrected chi connectivity index (χ4v) is 6.18. The highest BCUT2D eigenvalue weighted by Crippen LogP contribution is 2.32. The first-order valence-electron chi connectivity index (χ1n) is 16.6. The van der Waals surface area contributed by atoms with Crippen LogP contribution in [-0.2, 0) is 9.59 Å². The molecule has 2 aliphatic rings. The van der Waals surface area contributed by atoms with Crippen LogP contribution >= 0.6 is 0 Å². The summed E-state index contributed by atoms with van der Waals surface area (Å²) in [6.07, 6.45) is 0.601. The van der Waals surface area contributed by atoms with Crippen LogP contribution in [0.2, 0.25) is 0 Å². The Hall–Kier alpha value is -5.87. The van der Waals surface area contributed by atoms with Crippen molar-refractivity contribution in [3.63, 3.8) is 0 Å². The summed E-state index contributed by atoms with van der Waals surface area (Å²) in [7, 11) is 0. The number of nitriles is 1. The van der Waals surface area contributed by atoms with Crippen molar-refractivity contribution in [3.05, 3.63) is 71.7 Å². The predicted molar refractivity (Wildman–Crippen MR) is 182 cm³/mol. The number of aromatic nitrogens is 3. The number of piperazine rings is 1. The second-order valence-corrected chi connectivity index (χ2v) is 12.4. The van der Waals surface area contributed by atoms with Crippen LogP contribution in [0.4, 0.5) is 33.5 Å². The van der Waals surface area contributed by atoms with E-state index in [-0.39, 0.29) is 41.7 Å². The molecule has 19 heteroatoms. The van der Waals surface area contributed by atoms with E-state index >= 15 is 0 Å². The average Bonchev–Trinajstić information content (AvgIpc) is 3.60. The first kappa shape index (κ1) is 39.3. The van der Waals surface area contributed by atoms with E-state index in [0.29, 0.717) is 74.0 Å². The minimum absolute atomic E-state index is 0.0118. The van der Waals surface area contributed by atoms with Gasteiger partial charge in [-0.25, -0.2) is 19.2 Å². The Balaban J connectivity index is 0.000000730. The topological polar surface area (TPSA) is 185 Å². The number of ether oxygens (including phenoxy) is 1. The number of aliphatic carboxylic acids is 1. The van der Waals surface area contributed by atoms with Gasteiger partial charge < -0.3 is 35.4 Å². The summed E-state index contributed by atoms with van der Waals surface area (Å²) in [5.74, 6) is -5.22. The average molecular weight is 759 g/mol. The van der Waals surface area contributed by atoms with E-state index in [9.17, 15) is 36.6 Å². The second-order valence-electron chi connectivity index (χ2n) is 12.4. The largest absolute Gasteiger partial charge is 0.490 e. The number of alkyl halides is 3. The highest BCUT2D eigenvalue weighted by Gasteiger charge is 2.38. The number of hydrogen-bond acceptors (Lipinski definition) is 10. The van der Waals surface area contributed by atoms with Crippen LogP contribution in [0.1, 0.15) is 28.8 Å². The molecule has 6 rings (SSSR count). The molecule has 0 aliphatic carbocycles. The van der Waals surface area contributed by atoms with Crippen molar-refractivity contribution in [3.8, 4) is 23.1 Å². The van der Waals surface area contributed by atoms with Crippen molar-refractivity contribution in [2.75, 3.05) is 51.3 Å². The number of carboxylic acids is 1. The fourth-order valence-electron chi connectivity index (χ4n) is 6.18. The number of nitrogens with zero attached hydrogens (tertiary/aromatic N) is 6. The van der Waals surface area contributed by atoms with Crippen LogP contribution in [0.15, 0.2) is 48.9 Å². The third-order valence-electron chi connectivity index (χ3n) is 8.92. The van der Waals surface area contributed by atoms with E-state index in [1.807, 2.05) is 17.9 Å². The van der Waals surface area contributed by atoms with Crippen molar-refractivity contribution in [1.29, 1.82) is 5.26 Å². The minimum Gasteiger partial charge on any atom is -0.476 e. The molecule has 2 aromatic carbocycles. The number of rotatable bonds is 8. The summed E-state index contributed by atoms with van der Waals surface area (Å²) in [5, 5.41) is 31.7. The quantitative estimate of drug-likeness (QED) is 0.191. The molecule has 0 bridgehead atoms. The normalized spacial score (nSPS) is 16.3. The van der Waals surface area contributed by atoms with Crippen LogP contribution in [0.5, 0.6) is 5.75 Å². The Kier molecular flexibility index (Phi) is 12.3. The number of carboxylic acid groups (broad SMARTS) is 1. The lowest BCUT2D eigenvalue weighted by Gasteiger charge is -2.38. The third-order valence-corrected chi connectivity index (χ3v) is 8.92. The SMILES string of the molecule is Cc1cc(Nc2nccn3c(-c4ccc(OCC#N)c(F)c4F)cnc23)ccc1C(=O)N1CCC(C(=O)N2CCNC(CO)C2)CC1.O=C(O)C(F)(F)F. The highest BCUT2D eigenvalue weighted by molar-refractivity contribution is 5.96. The number of carbonyl (C=O) groups excluding carboxylic acids is 2. The maximum Gasteiger partial charge on any atom is 0.490 e. The van der Waals surface area contributed by atoms with E-state index < -0.39 is 30.4 Å². The van der Waals surface area contributed by atoms with Gasteiger partial charge in [0.1, 0.15) is 6.07 Å². The van der Waals surface area contributed by atoms with Crippen molar-refractivity contribution in [1.82, 2.24) is 29.5 Å². The Bertz CT molecular complexity index is 2060. The summed E-state index contributed by atoms with van der Waals surface area (Å²) in [4.78, 5) is 47.8. The van der Waals surface area contributed by atoms with E-state index in [4.69, 9.17) is 19.9 Å². The lowest BCUT2D eigenvalue weighted by molar-refractivity contribution is -0.192. The first-order chi connectivity index (χ1) is 25.7. The van der Waals surface area contributed by atoms with Crippen LogP contribution < -0.4 is 15.4 Å². The number of nitrogens with one attached hydrogen (secondary N) is 2. The van der Waals surface area contributed by atoms with Gasteiger partial charge in [0.2, 0.25) is 11.7 Å². The van der Waals surface area contributed by atoms with Gasteiger partial charge in [-0.05, 0) is 55.7 Å². The van der Waals surface area contributed by atoms with Gasteiger partial charge in [-0.15, -0.1) is 0 Å². The molecule has 0 saturated carbocycles. The number of halogens is 5. The molecule has 4 aromatic rings. The van der Waals surface area contributed by atoms with Gasteiger partial charge in [-0.3, -0.25) is 14.0 Å². The molecule has 1 unspecified atom stereocenters. The van der Waals surface area contributed by atoms with E-state index in [1.165, 1.54) is 24.5 Å². The van der Waals surface area contributed by atoms with Gasteiger partial charge in [-0.1, -0.05) is 0 Å². The number of aryl methyl sites for hydroxylation is 1. The molecule has 2 aliphatic heterocycles. The summed E-state index contributed by atoms with van der Waals surface area (Å²) in [6.45, 7) is 4.16. The van der Waals surface area contributed by atoms with Crippen molar-refractivity contribution < 1.29 is 51.3 Å². The monoisotopic (exact) mass is 758 g/mol. The van der Waals surface area contributed by atoms with E-state index in [0.717, 1.165) is 5.56 Å². The van der Waals surface area contributed by atoms with Gasteiger partial charge in [0.15, 0.2) is 29.6 Å². The van der Waals surface area contributed by atoms with Crippen LogP contribution in [-0.4, -0.2) is 110 Å². The number of imidazole rings is 1. The standard InChI is InChI=1S/C33H34F2N8O4.C2HF3O2/c1-20-16-22(2-3-24(20)33(46)41-11-6-21(7-12-41)32(45)42-13-9-37-23(18-42)19-44)40-30-31-39-17-26(43(31)14-10-38-30)25-4-5-27(47-15-8-36)29(35)28(25)34;3-2(4,5)1(6)7/h2-5,10,14,16-17,21,23,37,44H,6-7,9,11-13,15,18-19H2,1H3,(H,38,40);(H,6,7). The minimum atomic E-state index is -5.08. The molecule has 2 amide bonds. The Morgan fingerprint density at radius 3 is 2.44 bits per heavy atom. The summed E-state index contributed by atoms with van der Waals surface area (Å²) < 4.78 is 67.9. The number of carbonyl (C=O) groups is 3. The smallest absolute Gasteiger partial charge is 0.476 e. The van der Waals surface area contributed by atoms with Gasteiger partial charge in [0.25, 0.3) is 5.91 Å². The molecule has 0 radical (unpaired) electrons. The zero-order valence-electron chi connectivity index (χ0n) is 28.7. The van der Waals surface area contributed by atoms with Gasteiger partial charge >= 0.3 is 12.1 Å². The lowest BCUT2D eigenvalue weighted by atomic mass is 9.94. The number of hydrogen-bond donors (Lipinski definition) is 4. The Morgan fingerprint density at radius 2 is 1.80 bits per heavy atom. The molecule has 2 fully saturated rings. The van der Waals surface area contributed by atoms with E-state index in [1.54, 1.807) is 33.7 Å². The number of aliphatic hydroxyl groups is 1. The first-order valence-corrected chi connectivity index (χ1v) is 16.6. The highest BCUT2D eigenvalue weighted by atomic mass is 19.4. The number of anilines is 2. The predicted octanol–water partition coefficient (Wildman–Crippen LogP) is 3.91. The molecule has 4 heterocycles. The third kappa shape index (κ3) is 8.83. The molecule has 4 N–H and O–H groups in total. The zero-order chi connectivity index (χ0) is 39.2. The maximum absolute atomic E-state index is 15.0. The molecular weight excluding hydrogens is 723 g/mol. The molecular formula is C35H35F5N8O6. The number of amides is 2. The maximum atomic E-state index is 15.0. The molecule has 2 saturated heterocycles. The van der Waals surface area contributed by atoms with Gasteiger partial charge in [0.05, 0.1) is 18.5 Å². The Morgan fingerprint density at radius 1 is 1.07 bits per heavy atom. The molecule has 286 valence electrons.